The molecule has 4 bridgehead atoms. The number of halogens is 1. The molecule has 2 N–H and O–H groups in total. The molecule has 44 heavy (non-hydrogen) atoms. The van der Waals surface area contributed by atoms with Crippen molar-refractivity contribution in [1.29, 1.82) is 0 Å². The lowest BCUT2D eigenvalue weighted by atomic mass is 9.83. The first-order chi connectivity index (χ1) is 20.6. The first-order valence-electron chi connectivity index (χ1n) is 14.7. The van der Waals surface area contributed by atoms with E-state index in [4.69, 9.17) is 35.3 Å². The van der Waals surface area contributed by atoms with E-state index in [1.807, 2.05) is 32.1 Å². The van der Waals surface area contributed by atoms with E-state index >= 15 is 0 Å². The van der Waals surface area contributed by atoms with E-state index in [9.17, 15) is 19.5 Å². The number of benzene rings is 1. The monoisotopic (exact) mass is 634 g/mol. The minimum Gasteiger partial charge on any atom is -0.495 e. The van der Waals surface area contributed by atoms with Crippen molar-refractivity contribution >= 4 is 35.3 Å². The molecule has 0 spiro atoms. The number of methoxy groups -OCH3 is 2. The zero-order chi connectivity index (χ0) is 32.6. The van der Waals surface area contributed by atoms with Crippen LogP contribution in [0.2, 0.25) is 5.02 Å². The van der Waals surface area contributed by atoms with Crippen LogP contribution in [0.15, 0.2) is 35.9 Å². The second kappa shape index (κ2) is 13.1. The molecule has 4 rings (SSSR count). The fraction of sp³-hybridized carbons (Fsp3) is 0.594. The Bertz CT molecular complexity index is 1350. The molecule has 242 valence electrons. The maximum absolute atomic E-state index is 13.8. The Balaban J connectivity index is 1.80. The van der Waals surface area contributed by atoms with Gasteiger partial charge < -0.3 is 33.7 Å². The number of alkyl carbamates (subject to hydrolysis) is 1. The van der Waals surface area contributed by atoms with Gasteiger partial charge in [0.1, 0.15) is 34.7 Å². The maximum atomic E-state index is 13.8. The van der Waals surface area contributed by atoms with Crippen molar-refractivity contribution in [2.75, 3.05) is 26.2 Å². The Hall–Kier alpha value is -3.12. The lowest BCUT2D eigenvalue weighted by Crippen LogP contribution is -2.63. The van der Waals surface area contributed by atoms with E-state index in [1.54, 1.807) is 40.0 Å². The number of fused-ring (bicyclic) bond motifs is 5. The highest BCUT2D eigenvalue weighted by molar-refractivity contribution is 6.35. The third-order valence-corrected chi connectivity index (χ3v) is 9.06. The van der Waals surface area contributed by atoms with E-state index in [0.717, 1.165) is 11.1 Å². The molecule has 1 aromatic rings. The molecular formula is C32H43ClN2O9. The number of ether oxygens (including phenoxy) is 5. The molecule has 12 heteroatoms. The molecule has 0 saturated carbocycles. The molecule has 2 amide bonds. The molecule has 0 aromatic heterocycles. The standard InChI is InChI=1S/C32H43ClN2O9/c1-17(2)29(37)43-25-15-26(36)35(6)21-13-20(14-22(40-7)27(21)33)12-18(3)10-9-11-24(41-8)32(39)16-23(42-30(38)34-32)19(4)28-31(25,5)44-28/h9-11,13-14,17,19,23-25,28,39H,12,15-16H2,1-8H3,(H,34,38)/b11-9+,18-10+/t19-,23-,24+,25+,28+,31+,32-/m1/s1. The number of amides is 2. The van der Waals surface area contributed by atoms with E-state index < -0.39 is 59.6 Å². The van der Waals surface area contributed by atoms with E-state index in [0.29, 0.717) is 17.9 Å². The maximum Gasteiger partial charge on any atom is 0.409 e. The van der Waals surface area contributed by atoms with Gasteiger partial charge in [-0.2, -0.15) is 0 Å². The van der Waals surface area contributed by atoms with Gasteiger partial charge in [-0.3, -0.25) is 14.9 Å². The molecule has 2 saturated heterocycles. The number of aliphatic hydroxyl groups is 1. The number of hydrogen-bond donors (Lipinski definition) is 2. The van der Waals surface area contributed by atoms with Gasteiger partial charge in [-0.15, -0.1) is 0 Å². The molecular weight excluding hydrogens is 592 g/mol. The summed E-state index contributed by atoms with van der Waals surface area (Å²) in [5, 5.41) is 14.4. The number of carbonyl (C=O) groups excluding carboxylic acids is 3. The van der Waals surface area contributed by atoms with E-state index in [-0.39, 0.29) is 23.8 Å². The Kier molecular flexibility index (Phi) is 10.0. The fourth-order valence-corrected chi connectivity index (χ4v) is 6.19. The average molecular weight is 635 g/mol. The lowest BCUT2D eigenvalue weighted by Gasteiger charge is -2.42. The highest BCUT2D eigenvalue weighted by Crippen LogP contribution is 2.49. The van der Waals surface area contributed by atoms with Crippen molar-refractivity contribution in [3.63, 3.8) is 0 Å². The summed E-state index contributed by atoms with van der Waals surface area (Å²) in [5.74, 6) is -1.30. The van der Waals surface area contributed by atoms with E-state index in [2.05, 4.69) is 5.32 Å². The van der Waals surface area contributed by atoms with Crippen LogP contribution in [0.1, 0.15) is 53.0 Å². The van der Waals surface area contributed by atoms with Crippen LogP contribution in [0, 0.1) is 11.8 Å². The van der Waals surface area contributed by atoms with Crippen LogP contribution in [0.25, 0.3) is 0 Å². The predicted molar refractivity (Wildman–Crippen MR) is 164 cm³/mol. The van der Waals surface area contributed by atoms with Crippen LogP contribution in [0.4, 0.5) is 10.5 Å². The minimum absolute atomic E-state index is 0.00361. The second-order valence-electron chi connectivity index (χ2n) is 12.4. The van der Waals surface area contributed by atoms with Crippen molar-refractivity contribution in [3.05, 3.63) is 46.5 Å². The second-order valence-corrected chi connectivity index (χ2v) is 12.8. The first-order valence-corrected chi connectivity index (χ1v) is 15.1. The summed E-state index contributed by atoms with van der Waals surface area (Å²) >= 11 is 6.68. The van der Waals surface area contributed by atoms with Crippen molar-refractivity contribution in [2.45, 2.75) is 89.6 Å². The summed E-state index contributed by atoms with van der Waals surface area (Å²) in [4.78, 5) is 40.7. The summed E-state index contributed by atoms with van der Waals surface area (Å²) in [7, 11) is 4.56. The Morgan fingerprint density at radius 2 is 1.95 bits per heavy atom. The number of hydrogen-bond acceptors (Lipinski definition) is 9. The average Bonchev–Trinajstić information content (AvgIpc) is 3.66. The molecule has 0 aliphatic carbocycles. The van der Waals surface area contributed by atoms with Crippen LogP contribution in [-0.2, 0) is 35.0 Å². The molecule has 1 aromatic carbocycles. The summed E-state index contributed by atoms with van der Waals surface area (Å²) < 4.78 is 28.8. The van der Waals surface area contributed by atoms with Gasteiger partial charge in [-0.25, -0.2) is 4.79 Å². The smallest absolute Gasteiger partial charge is 0.409 e. The van der Waals surface area contributed by atoms with Gasteiger partial charge in [-0.1, -0.05) is 56.2 Å². The number of nitrogens with one attached hydrogen (secondary N) is 1. The fourth-order valence-electron chi connectivity index (χ4n) is 5.88. The van der Waals surface area contributed by atoms with E-state index in [1.165, 1.54) is 19.1 Å². The van der Waals surface area contributed by atoms with Gasteiger partial charge in [0.25, 0.3) is 0 Å². The Morgan fingerprint density at radius 1 is 1.25 bits per heavy atom. The summed E-state index contributed by atoms with van der Waals surface area (Å²) in [5.41, 5.74) is -0.587. The van der Waals surface area contributed by atoms with Crippen LogP contribution in [0.5, 0.6) is 5.75 Å². The van der Waals surface area contributed by atoms with Crippen molar-refractivity contribution in [1.82, 2.24) is 5.32 Å². The van der Waals surface area contributed by atoms with Gasteiger partial charge in [-0.05, 0) is 38.0 Å². The highest BCUT2D eigenvalue weighted by atomic mass is 35.5. The number of allylic oxidation sites excluding steroid dienone is 3. The lowest BCUT2D eigenvalue weighted by molar-refractivity contribution is -0.157. The predicted octanol–water partition coefficient (Wildman–Crippen LogP) is 4.32. The van der Waals surface area contributed by atoms with Crippen molar-refractivity contribution in [3.8, 4) is 5.75 Å². The molecule has 11 nitrogen and oxygen atoms in total. The van der Waals surface area contributed by atoms with Crippen LogP contribution in [-0.4, -0.2) is 80.1 Å². The van der Waals surface area contributed by atoms with Gasteiger partial charge in [0, 0.05) is 26.5 Å². The third kappa shape index (κ3) is 6.91. The number of nitrogens with zero attached hydrogens (tertiary/aromatic N) is 1. The molecule has 3 heterocycles. The van der Waals surface area contributed by atoms with Gasteiger partial charge in [0.2, 0.25) is 5.91 Å². The van der Waals surface area contributed by atoms with Crippen LogP contribution >= 0.6 is 11.6 Å². The molecule has 0 radical (unpaired) electrons. The van der Waals surface area contributed by atoms with Gasteiger partial charge in [0.05, 0.1) is 31.2 Å². The number of carbonyl (C=O) groups is 3. The van der Waals surface area contributed by atoms with Crippen LogP contribution < -0.4 is 15.0 Å². The zero-order valence-corrected chi connectivity index (χ0v) is 27.3. The number of esters is 1. The quantitative estimate of drug-likeness (QED) is 0.366. The van der Waals surface area contributed by atoms with Gasteiger partial charge in [0.15, 0.2) is 5.72 Å². The molecule has 2 fully saturated rings. The molecule has 7 atom stereocenters. The number of anilines is 1. The topological polar surface area (TPSA) is 136 Å². The SMILES string of the molecule is COc1cc2cc(c1Cl)N(C)C(=O)C[C@H](OC(=O)C(C)C)[C@]1(C)O[C@H]1[C@H](C)[C@H]1C[C@](O)(NC(=O)O1)[C@@H](OC)/C=C/C=C(\C)C2. The van der Waals surface area contributed by atoms with Crippen molar-refractivity contribution in [2.24, 2.45) is 11.8 Å². The zero-order valence-electron chi connectivity index (χ0n) is 26.5. The Labute approximate surface area is 263 Å². The van der Waals surface area contributed by atoms with Crippen molar-refractivity contribution < 1.29 is 43.2 Å². The highest BCUT2D eigenvalue weighted by Gasteiger charge is 2.64. The minimum atomic E-state index is -1.77. The summed E-state index contributed by atoms with van der Waals surface area (Å²) in [6, 6.07) is 3.63. The Morgan fingerprint density at radius 3 is 2.59 bits per heavy atom. The third-order valence-electron chi connectivity index (χ3n) is 8.68. The summed E-state index contributed by atoms with van der Waals surface area (Å²) in [6.45, 7) is 8.95. The number of epoxide rings is 1. The molecule has 0 unspecified atom stereocenters. The number of rotatable bonds is 4. The van der Waals surface area contributed by atoms with Crippen LogP contribution in [0.3, 0.4) is 0 Å². The summed E-state index contributed by atoms with van der Waals surface area (Å²) in [6.07, 6.45) is 1.65. The molecule has 3 aliphatic rings. The first kappa shape index (κ1) is 33.8. The molecule has 3 aliphatic heterocycles. The normalized spacial score (nSPS) is 34.7. The van der Waals surface area contributed by atoms with Gasteiger partial charge >= 0.3 is 12.1 Å². The largest absolute Gasteiger partial charge is 0.495 e.